The first-order valence-electron chi connectivity index (χ1n) is 6.57. The fourth-order valence-electron chi connectivity index (χ4n) is 2.20. The van der Waals surface area contributed by atoms with E-state index in [1.165, 1.54) is 25.3 Å². The third kappa shape index (κ3) is 3.63. The van der Waals surface area contributed by atoms with Crippen LogP contribution in [-0.4, -0.2) is 54.8 Å². The van der Waals surface area contributed by atoms with E-state index in [1.54, 1.807) is 4.90 Å². The highest BCUT2D eigenvalue weighted by atomic mass is 16.5. The molecule has 0 bridgehead atoms. The Labute approximate surface area is 122 Å². The Morgan fingerprint density at radius 1 is 1.52 bits per heavy atom. The number of aromatic hydroxyl groups is 1. The number of carbonyl (C=O) groups excluding carboxylic acids is 2. The summed E-state index contributed by atoms with van der Waals surface area (Å²) in [6, 6.07) is 4.24. The zero-order valence-electron chi connectivity index (χ0n) is 11.7. The molecule has 1 aromatic carbocycles. The van der Waals surface area contributed by atoms with Crippen LogP contribution in [0.4, 0.5) is 5.69 Å². The van der Waals surface area contributed by atoms with Gasteiger partial charge in [-0.25, -0.2) is 0 Å². The number of rotatable bonds is 3. The summed E-state index contributed by atoms with van der Waals surface area (Å²) in [6.07, 6.45) is -0.302. The standard InChI is InChI=1S/C14H18N2O5/c1-20-13(18)7-10-8-16(4-5-21-10)14(19)11-6-9(17)2-3-12(11)15/h2-3,6,10,17H,4-5,7-8,15H2,1H3. The number of phenols is 1. The zero-order chi connectivity index (χ0) is 15.4. The van der Waals surface area contributed by atoms with Gasteiger partial charge in [0.1, 0.15) is 5.75 Å². The van der Waals surface area contributed by atoms with Crippen LogP contribution in [0.3, 0.4) is 0 Å². The van der Waals surface area contributed by atoms with E-state index in [0.29, 0.717) is 18.8 Å². The van der Waals surface area contributed by atoms with Crippen molar-refractivity contribution in [1.29, 1.82) is 0 Å². The molecule has 3 N–H and O–H groups in total. The van der Waals surface area contributed by atoms with Gasteiger partial charge in [-0.3, -0.25) is 9.59 Å². The largest absolute Gasteiger partial charge is 0.508 e. The van der Waals surface area contributed by atoms with Gasteiger partial charge in [-0.1, -0.05) is 0 Å². The smallest absolute Gasteiger partial charge is 0.308 e. The number of nitrogen functional groups attached to an aromatic ring is 1. The maximum atomic E-state index is 12.4. The number of amides is 1. The summed E-state index contributed by atoms with van der Waals surface area (Å²) in [7, 11) is 1.31. The van der Waals surface area contributed by atoms with Gasteiger partial charge in [-0.2, -0.15) is 0 Å². The van der Waals surface area contributed by atoms with Crippen molar-refractivity contribution in [1.82, 2.24) is 4.90 Å². The van der Waals surface area contributed by atoms with Crippen molar-refractivity contribution in [2.24, 2.45) is 0 Å². The summed E-state index contributed by atoms with van der Waals surface area (Å²) in [6.45, 7) is 1.03. The number of carbonyl (C=O) groups is 2. The second kappa shape index (κ2) is 6.45. The quantitative estimate of drug-likeness (QED) is 0.474. The molecule has 1 aromatic rings. The highest BCUT2D eigenvalue weighted by Crippen LogP contribution is 2.21. The van der Waals surface area contributed by atoms with E-state index in [-0.39, 0.29) is 36.2 Å². The molecule has 0 aromatic heterocycles. The SMILES string of the molecule is COC(=O)CC1CN(C(=O)c2cc(O)ccc2N)CCO1. The lowest BCUT2D eigenvalue weighted by Crippen LogP contribution is -2.46. The number of esters is 1. The molecule has 21 heavy (non-hydrogen) atoms. The lowest BCUT2D eigenvalue weighted by molar-refractivity contribution is -0.145. The normalized spacial score (nSPS) is 18.3. The van der Waals surface area contributed by atoms with Gasteiger partial charge in [-0.05, 0) is 18.2 Å². The number of anilines is 1. The molecule has 0 saturated carbocycles. The topological polar surface area (TPSA) is 102 Å². The Kier molecular flexibility index (Phi) is 4.64. The summed E-state index contributed by atoms with van der Waals surface area (Å²) >= 11 is 0. The number of morpholine rings is 1. The molecule has 0 aliphatic carbocycles. The van der Waals surface area contributed by atoms with Crippen molar-refractivity contribution in [2.45, 2.75) is 12.5 Å². The number of benzene rings is 1. The number of nitrogens with two attached hydrogens (primary N) is 1. The molecular formula is C14H18N2O5. The van der Waals surface area contributed by atoms with Crippen LogP contribution in [0.15, 0.2) is 18.2 Å². The summed E-state index contributed by atoms with van der Waals surface area (Å²) in [5, 5.41) is 9.48. The van der Waals surface area contributed by atoms with Gasteiger partial charge in [0.15, 0.2) is 0 Å². The minimum atomic E-state index is -0.395. The number of phenolic OH excluding ortho intramolecular Hbond substituents is 1. The number of hydrogen-bond acceptors (Lipinski definition) is 6. The lowest BCUT2D eigenvalue weighted by Gasteiger charge is -2.32. The van der Waals surface area contributed by atoms with Crippen molar-refractivity contribution in [3.8, 4) is 5.75 Å². The van der Waals surface area contributed by atoms with Crippen LogP contribution in [0.25, 0.3) is 0 Å². The summed E-state index contributed by atoms with van der Waals surface area (Å²) < 4.78 is 10.0. The predicted octanol–water partition coefficient (Wildman–Crippen LogP) is 0.378. The maximum absolute atomic E-state index is 12.4. The fraction of sp³-hybridized carbons (Fsp3) is 0.429. The van der Waals surface area contributed by atoms with E-state index in [4.69, 9.17) is 10.5 Å². The van der Waals surface area contributed by atoms with Gasteiger partial charge >= 0.3 is 5.97 Å². The highest BCUT2D eigenvalue weighted by Gasteiger charge is 2.27. The minimum absolute atomic E-state index is 0.0214. The van der Waals surface area contributed by atoms with Gasteiger partial charge in [0.05, 0.1) is 31.8 Å². The average molecular weight is 294 g/mol. The van der Waals surface area contributed by atoms with Gasteiger partial charge < -0.3 is 25.2 Å². The van der Waals surface area contributed by atoms with Crippen LogP contribution < -0.4 is 5.73 Å². The average Bonchev–Trinajstić information content (AvgIpc) is 2.49. The molecule has 7 heteroatoms. The van der Waals surface area contributed by atoms with Crippen molar-refractivity contribution in [2.75, 3.05) is 32.5 Å². The van der Waals surface area contributed by atoms with Crippen molar-refractivity contribution < 1.29 is 24.2 Å². The molecule has 1 saturated heterocycles. The van der Waals surface area contributed by atoms with Crippen LogP contribution in [0.2, 0.25) is 0 Å². The Hall–Kier alpha value is -2.28. The second-order valence-corrected chi connectivity index (χ2v) is 4.80. The van der Waals surface area contributed by atoms with Crippen molar-refractivity contribution in [3.63, 3.8) is 0 Å². The van der Waals surface area contributed by atoms with E-state index in [9.17, 15) is 14.7 Å². The molecule has 1 amide bonds. The molecule has 1 atom stereocenters. The van der Waals surface area contributed by atoms with Crippen LogP contribution in [0.5, 0.6) is 5.75 Å². The molecule has 1 aliphatic heterocycles. The zero-order valence-corrected chi connectivity index (χ0v) is 11.7. The third-order valence-corrected chi connectivity index (χ3v) is 3.32. The van der Waals surface area contributed by atoms with Crippen LogP contribution >= 0.6 is 0 Å². The van der Waals surface area contributed by atoms with Crippen molar-refractivity contribution >= 4 is 17.6 Å². The highest BCUT2D eigenvalue weighted by molar-refractivity contribution is 5.99. The van der Waals surface area contributed by atoms with Gasteiger partial charge in [0.25, 0.3) is 5.91 Å². The van der Waals surface area contributed by atoms with E-state index in [0.717, 1.165) is 0 Å². The summed E-state index contributed by atoms with van der Waals surface area (Å²) in [4.78, 5) is 25.3. The Morgan fingerprint density at radius 3 is 3.00 bits per heavy atom. The van der Waals surface area contributed by atoms with E-state index in [2.05, 4.69) is 4.74 Å². The number of hydrogen-bond donors (Lipinski definition) is 2. The Bertz CT molecular complexity index is 546. The molecule has 1 aliphatic rings. The van der Waals surface area contributed by atoms with Gasteiger partial charge in [0.2, 0.25) is 0 Å². The Morgan fingerprint density at radius 2 is 2.29 bits per heavy atom. The molecule has 0 spiro atoms. The maximum Gasteiger partial charge on any atom is 0.308 e. The van der Waals surface area contributed by atoms with Crippen LogP contribution in [0.1, 0.15) is 16.8 Å². The number of methoxy groups -OCH3 is 1. The summed E-state index contributed by atoms with van der Waals surface area (Å²) in [5.74, 6) is -0.695. The first kappa shape index (κ1) is 15.1. The van der Waals surface area contributed by atoms with E-state index < -0.39 is 6.10 Å². The molecule has 7 nitrogen and oxygen atoms in total. The molecular weight excluding hydrogens is 276 g/mol. The van der Waals surface area contributed by atoms with Gasteiger partial charge in [-0.15, -0.1) is 0 Å². The van der Waals surface area contributed by atoms with Crippen LogP contribution in [0, 0.1) is 0 Å². The monoisotopic (exact) mass is 294 g/mol. The predicted molar refractivity (Wildman–Crippen MR) is 74.8 cm³/mol. The molecule has 1 unspecified atom stereocenters. The third-order valence-electron chi connectivity index (χ3n) is 3.32. The fourth-order valence-corrected chi connectivity index (χ4v) is 2.20. The molecule has 0 radical (unpaired) electrons. The molecule has 114 valence electrons. The molecule has 1 fully saturated rings. The van der Waals surface area contributed by atoms with E-state index >= 15 is 0 Å². The van der Waals surface area contributed by atoms with Crippen LogP contribution in [-0.2, 0) is 14.3 Å². The van der Waals surface area contributed by atoms with Crippen molar-refractivity contribution in [3.05, 3.63) is 23.8 Å². The second-order valence-electron chi connectivity index (χ2n) is 4.80. The molecule has 2 rings (SSSR count). The number of ether oxygens (including phenoxy) is 2. The first-order chi connectivity index (χ1) is 10.0. The lowest BCUT2D eigenvalue weighted by atomic mass is 10.1. The number of nitrogens with zero attached hydrogens (tertiary/aromatic N) is 1. The molecule has 1 heterocycles. The minimum Gasteiger partial charge on any atom is -0.508 e. The van der Waals surface area contributed by atoms with E-state index in [1.807, 2.05) is 0 Å². The summed E-state index contributed by atoms with van der Waals surface area (Å²) in [5.41, 5.74) is 6.31. The Balaban J connectivity index is 2.08. The van der Waals surface area contributed by atoms with Gasteiger partial charge in [0, 0.05) is 18.8 Å². The first-order valence-corrected chi connectivity index (χ1v) is 6.57.